The molecule has 3 nitrogen and oxygen atoms in total. The Kier molecular flexibility index (Phi) is 3.71. The number of aromatic nitrogens is 1. The highest BCUT2D eigenvalue weighted by Crippen LogP contribution is 2.31. The minimum atomic E-state index is -4.18. The van der Waals surface area contributed by atoms with Crippen molar-refractivity contribution in [3.8, 4) is 0 Å². The number of pyridine rings is 1. The Bertz CT molecular complexity index is 622. The van der Waals surface area contributed by atoms with E-state index >= 15 is 0 Å². The first-order valence-electron chi connectivity index (χ1n) is 6.92. The van der Waals surface area contributed by atoms with Crippen molar-refractivity contribution in [2.24, 2.45) is 5.92 Å². The monoisotopic (exact) mass is 295 g/mol. The molecule has 0 saturated carbocycles. The van der Waals surface area contributed by atoms with Gasteiger partial charge in [0.2, 0.25) is 0 Å². The van der Waals surface area contributed by atoms with Gasteiger partial charge in [0, 0.05) is 43.4 Å². The molecule has 1 fully saturated rings. The van der Waals surface area contributed by atoms with Crippen molar-refractivity contribution >= 4 is 16.6 Å². The fraction of sp³-hybridized carbons (Fsp3) is 0.400. The van der Waals surface area contributed by atoms with Gasteiger partial charge in [-0.05, 0) is 24.3 Å². The van der Waals surface area contributed by atoms with Crippen LogP contribution in [0.3, 0.4) is 0 Å². The number of anilines is 1. The zero-order chi connectivity index (χ0) is 14.9. The highest BCUT2D eigenvalue weighted by Gasteiger charge is 2.41. The summed E-state index contributed by atoms with van der Waals surface area (Å²) >= 11 is 0. The van der Waals surface area contributed by atoms with Crippen LogP contribution in [0.5, 0.6) is 0 Å². The number of nitrogens with zero attached hydrogens (tertiary/aromatic N) is 2. The lowest BCUT2D eigenvalue weighted by atomic mass is 10.1. The molecule has 3 rings (SSSR count). The Balaban J connectivity index is 1.97. The maximum absolute atomic E-state index is 13.0. The number of benzene rings is 1. The minimum Gasteiger partial charge on any atom is -0.369 e. The molecular weight excluding hydrogens is 279 g/mol. The maximum atomic E-state index is 13.0. The van der Waals surface area contributed by atoms with Gasteiger partial charge in [0.15, 0.2) is 0 Å². The molecular formula is C15H16F3N3. The summed E-state index contributed by atoms with van der Waals surface area (Å²) in [6.45, 7) is 1.05. The summed E-state index contributed by atoms with van der Waals surface area (Å²) in [4.78, 5) is 6.07. The second-order valence-electron chi connectivity index (χ2n) is 5.24. The van der Waals surface area contributed by atoms with E-state index in [9.17, 15) is 13.2 Å². The molecule has 1 N–H and O–H groups in total. The van der Waals surface area contributed by atoms with Crippen molar-refractivity contribution in [2.75, 3.05) is 31.1 Å². The molecule has 6 heteroatoms. The van der Waals surface area contributed by atoms with E-state index in [-0.39, 0.29) is 13.1 Å². The van der Waals surface area contributed by atoms with Crippen LogP contribution in [0, 0.1) is 5.92 Å². The molecule has 0 bridgehead atoms. The summed E-state index contributed by atoms with van der Waals surface area (Å²) in [6, 6.07) is 9.28. The number of alkyl halides is 3. The molecule has 1 aliphatic heterocycles. The zero-order valence-electron chi connectivity index (χ0n) is 11.4. The fourth-order valence-electron chi connectivity index (χ4n) is 2.71. The van der Waals surface area contributed by atoms with Gasteiger partial charge in [-0.15, -0.1) is 0 Å². The molecule has 0 spiro atoms. The van der Waals surface area contributed by atoms with Crippen molar-refractivity contribution in [1.29, 1.82) is 0 Å². The lowest BCUT2D eigenvalue weighted by Crippen LogP contribution is -2.38. The van der Waals surface area contributed by atoms with Crippen molar-refractivity contribution in [1.82, 2.24) is 10.3 Å². The highest BCUT2D eigenvalue weighted by molar-refractivity contribution is 5.91. The van der Waals surface area contributed by atoms with E-state index in [0.717, 1.165) is 16.6 Å². The first-order valence-corrected chi connectivity index (χ1v) is 6.92. The van der Waals surface area contributed by atoms with Gasteiger partial charge in [0.05, 0.1) is 11.4 Å². The number of hydrogen-bond donors (Lipinski definition) is 1. The number of hydrogen-bond acceptors (Lipinski definition) is 3. The van der Waals surface area contributed by atoms with Gasteiger partial charge in [0.25, 0.3) is 0 Å². The van der Waals surface area contributed by atoms with Gasteiger partial charge in [-0.2, -0.15) is 13.2 Å². The van der Waals surface area contributed by atoms with Crippen molar-refractivity contribution < 1.29 is 13.2 Å². The summed E-state index contributed by atoms with van der Waals surface area (Å²) in [5, 5.41) is 3.77. The van der Waals surface area contributed by atoms with Crippen LogP contribution < -0.4 is 10.2 Å². The molecule has 1 aromatic carbocycles. The molecule has 1 atom stereocenters. The van der Waals surface area contributed by atoms with Crippen LogP contribution in [-0.4, -0.2) is 37.3 Å². The van der Waals surface area contributed by atoms with Gasteiger partial charge in [-0.1, -0.05) is 6.07 Å². The second-order valence-corrected chi connectivity index (χ2v) is 5.24. The number of rotatable bonds is 1. The summed E-state index contributed by atoms with van der Waals surface area (Å²) in [6.07, 6.45) is -2.49. The third kappa shape index (κ3) is 2.95. The first kappa shape index (κ1) is 14.1. The zero-order valence-corrected chi connectivity index (χ0v) is 11.4. The van der Waals surface area contributed by atoms with Crippen LogP contribution in [-0.2, 0) is 0 Å². The molecule has 2 heterocycles. The van der Waals surface area contributed by atoms with Crippen LogP contribution in [0.15, 0.2) is 36.5 Å². The standard InChI is InChI=1S/C15H16F3N3/c16-15(17,18)11-9-19-7-8-21(10-11)14-5-1-4-13-12(14)3-2-6-20-13/h1-6,11,19H,7-10H2. The predicted molar refractivity (Wildman–Crippen MR) is 76.4 cm³/mol. The van der Waals surface area contributed by atoms with E-state index in [4.69, 9.17) is 0 Å². The topological polar surface area (TPSA) is 28.2 Å². The average molecular weight is 295 g/mol. The molecule has 0 aliphatic carbocycles. The van der Waals surface area contributed by atoms with E-state index in [1.54, 1.807) is 6.20 Å². The SMILES string of the molecule is FC(F)(F)C1CNCCN(c2cccc3ncccc23)C1. The minimum absolute atomic E-state index is 0.0233. The van der Waals surface area contributed by atoms with E-state index in [1.165, 1.54) is 0 Å². The number of fused-ring (bicyclic) bond motifs is 1. The third-order valence-electron chi connectivity index (χ3n) is 3.82. The van der Waals surface area contributed by atoms with Crippen LogP contribution >= 0.6 is 0 Å². The molecule has 21 heavy (non-hydrogen) atoms. The van der Waals surface area contributed by atoms with Gasteiger partial charge < -0.3 is 10.2 Å². The van der Waals surface area contributed by atoms with Crippen molar-refractivity contribution in [2.45, 2.75) is 6.18 Å². The lowest BCUT2D eigenvalue weighted by molar-refractivity contribution is -0.169. The van der Waals surface area contributed by atoms with Crippen LogP contribution in [0.25, 0.3) is 10.9 Å². The third-order valence-corrected chi connectivity index (χ3v) is 3.82. The summed E-state index contributed by atoms with van der Waals surface area (Å²) < 4.78 is 39.1. The second kappa shape index (κ2) is 5.52. The van der Waals surface area contributed by atoms with Crippen LogP contribution in [0.4, 0.5) is 18.9 Å². The van der Waals surface area contributed by atoms with Gasteiger partial charge in [-0.3, -0.25) is 4.98 Å². The van der Waals surface area contributed by atoms with Crippen molar-refractivity contribution in [3.63, 3.8) is 0 Å². The molecule has 2 aromatic rings. The Morgan fingerprint density at radius 2 is 2.05 bits per heavy atom. The van der Waals surface area contributed by atoms with Crippen molar-refractivity contribution in [3.05, 3.63) is 36.5 Å². The van der Waals surface area contributed by atoms with Gasteiger partial charge in [-0.25, -0.2) is 0 Å². The smallest absolute Gasteiger partial charge is 0.369 e. The van der Waals surface area contributed by atoms with Gasteiger partial charge in [0.1, 0.15) is 0 Å². The highest BCUT2D eigenvalue weighted by atomic mass is 19.4. The fourth-order valence-corrected chi connectivity index (χ4v) is 2.71. The Hall–Kier alpha value is -1.82. The van der Waals surface area contributed by atoms with Crippen LogP contribution in [0.2, 0.25) is 0 Å². The Labute approximate surface area is 120 Å². The quantitative estimate of drug-likeness (QED) is 0.877. The average Bonchev–Trinajstić information content (AvgIpc) is 2.72. The molecule has 0 amide bonds. The van der Waals surface area contributed by atoms with E-state index in [2.05, 4.69) is 10.3 Å². The van der Waals surface area contributed by atoms with E-state index in [1.807, 2.05) is 35.2 Å². The Morgan fingerprint density at radius 1 is 1.19 bits per heavy atom. The normalized spacial score (nSPS) is 20.5. The summed E-state index contributed by atoms with van der Waals surface area (Å²) in [7, 11) is 0. The molecule has 1 aliphatic rings. The molecule has 1 saturated heterocycles. The summed E-state index contributed by atoms with van der Waals surface area (Å²) in [5.74, 6) is -1.35. The largest absolute Gasteiger partial charge is 0.394 e. The maximum Gasteiger partial charge on any atom is 0.394 e. The molecule has 0 radical (unpaired) electrons. The van der Waals surface area contributed by atoms with Gasteiger partial charge >= 0.3 is 6.18 Å². The molecule has 1 unspecified atom stereocenters. The van der Waals surface area contributed by atoms with E-state index in [0.29, 0.717) is 13.1 Å². The number of halogens is 3. The molecule has 1 aromatic heterocycles. The number of nitrogens with one attached hydrogen (secondary N) is 1. The molecule has 112 valence electrons. The summed E-state index contributed by atoms with van der Waals surface area (Å²) in [5.41, 5.74) is 1.62. The first-order chi connectivity index (χ1) is 10.1. The van der Waals surface area contributed by atoms with E-state index < -0.39 is 12.1 Å². The predicted octanol–water partition coefficient (Wildman–Crippen LogP) is 2.82. The lowest BCUT2D eigenvalue weighted by Gasteiger charge is -2.28. The Morgan fingerprint density at radius 3 is 2.86 bits per heavy atom. The van der Waals surface area contributed by atoms with Crippen LogP contribution in [0.1, 0.15) is 0 Å².